The maximum Gasteiger partial charge on any atom is 0.140 e. The highest BCUT2D eigenvalue weighted by Gasteiger charge is 2.40. The molecule has 96 valence electrons. The van der Waals surface area contributed by atoms with Crippen molar-refractivity contribution in [3.05, 3.63) is 18.2 Å². The Bertz CT molecular complexity index is 374. The van der Waals surface area contributed by atoms with E-state index in [1.807, 2.05) is 12.4 Å². The molecule has 0 spiro atoms. The van der Waals surface area contributed by atoms with E-state index in [2.05, 4.69) is 30.3 Å². The molecule has 3 heteroatoms. The highest BCUT2D eigenvalue weighted by Crippen LogP contribution is 2.41. The van der Waals surface area contributed by atoms with Crippen molar-refractivity contribution >= 4 is 0 Å². The minimum Gasteiger partial charge on any atom is -0.382 e. The van der Waals surface area contributed by atoms with E-state index in [9.17, 15) is 5.11 Å². The molecule has 3 unspecified atom stereocenters. The predicted molar refractivity (Wildman–Crippen MR) is 68.6 cm³/mol. The van der Waals surface area contributed by atoms with Crippen LogP contribution in [-0.2, 0) is 12.1 Å². The van der Waals surface area contributed by atoms with Gasteiger partial charge in [-0.2, -0.15) is 0 Å². The Kier molecular flexibility index (Phi) is 3.57. The topological polar surface area (TPSA) is 38.0 Å². The Morgan fingerprint density at radius 1 is 1.47 bits per heavy atom. The Labute approximate surface area is 104 Å². The number of aromatic nitrogens is 2. The third kappa shape index (κ3) is 2.39. The summed E-state index contributed by atoms with van der Waals surface area (Å²) >= 11 is 0. The van der Waals surface area contributed by atoms with Gasteiger partial charge in [0.15, 0.2) is 0 Å². The zero-order chi connectivity index (χ0) is 12.5. The summed E-state index contributed by atoms with van der Waals surface area (Å²) < 4.78 is 2.11. The van der Waals surface area contributed by atoms with Crippen LogP contribution in [0.2, 0.25) is 0 Å². The van der Waals surface area contributed by atoms with E-state index in [1.54, 1.807) is 0 Å². The Balaban J connectivity index is 2.22. The molecule has 3 nitrogen and oxygen atoms in total. The molecule has 0 amide bonds. The normalized spacial score (nSPS) is 33.9. The molecule has 1 fully saturated rings. The molecule has 0 aliphatic heterocycles. The number of aliphatic hydroxyl groups is 1. The van der Waals surface area contributed by atoms with E-state index in [4.69, 9.17) is 0 Å². The van der Waals surface area contributed by atoms with Crippen LogP contribution in [0.3, 0.4) is 0 Å². The molecule has 3 atom stereocenters. The van der Waals surface area contributed by atoms with E-state index in [0.717, 1.165) is 38.1 Å². The second-order valence-corrected chi connectivity index (χ2v) is 5.67. The third-order valence-corrected chi connectivity index (χ3v) is 4.24. The summed E-state index contributed by atoms with van der Waals surface area (Å²) in [6.07, 6.45) is 7.65. The van der Waals surface area contributed by atoms with Crippen molar-refractivity contribution in [2.75, 3.05) is 0 Å². The van der Waals surface area contributed by atoms with E-state index in [-0.39, 0.29) is 0 Å². The van der Waals surface area contributed by atoms with Crippen LogP contribution in [0.4, 0.5) is 0 Å². The number of nitrogens with zero attached hydrogens (tertiary/aromatic N) is 2. The molecule has 1 heterocycles. The van der Waals surface area contributed by atoms with Gasteiger partial charge < -0.3 is 9.67 Å². The lowest BCUT2D eigenvalue weighted by Gasteiger charge is -2.38. The van der Waals surface area contributed by atoms with Crippen LogP contribution < -0.4 is 0 Å². The summed E-state index contributed by atoms with van der Waals surface area (Å²) in [4.78, 5) is 4.40. The molecule has 1 aromatic rings. The molecule has 17 heavy (non-hydrogen) atoms. The Morgan fingerprint density at radius 2 is 2.24 bits per heavy atom. The van der Waals surface area contributed by atoms with Crippen molar-refractivity contribution in [1.82, 2.24) is 9.55 Å². The number of hydrogen-bond acceptors (Lipinski definition) is 2. The fraction of sp³-hybridized carbons (Fsp3) is 0.786. The first kappa shape index (κ1) is 12.6. The number of aryl methyl sites for hydroxylation is 1. The van der Waals surface area contributed by atoms with Gasteiger partial charge in [-0.25, -0.2) is 4.98 Å². The summed E-state index contributed by atoms with van der Waals surface area (Å²) in [6.45, 7) is 7.62. The second-order valence-electron chi connectivity index (χ2n) is 5.67. The monoisotopic (exact) mass is 236 g/mol. The van der Waals surface area contributed by atoms with Crippen LogP contribution in [-0.4, -0.2) is 14.7 Å². The van der Waals surface area contributed by atoms with Crippen molar-refractivity contribution in [3.8, 4) is 0 Å². The highest BCUT2D eigenvalue weighted by atomic mass is 16.3. The molecule has 1 aliphatic rings. The van der Waals surface area contributed by atoms with Gasteiger partial charge in [0, 0.05) is 18.9 Å². The average molecular weight is 236 g/mol. The largest absolute Gasteiger partial charge is 0.382 e. The molecule has 1 saturated carbocycles. The maximum atomic E-state index is 10.8. The maximum absolute atomic E-state index is 10.8. The van der Waals surface area contributed by atoms with Crippen LogP contribution in [0.15, 0.2) is 12.4 Å². The van der Waals surface area contributed by atoms with Crippen molar-refractivity contribution < 1.29 is 5.11 Å². The fourth-order valence-electron chi connectivity index (χ4n) is 2.93. The van der Waals surface area contributed by atoms with Crippen LogP contribution in [0.25, 0.3) is 0 Å². The summed E-state index contributed by atoms with van der Waals surface area (Å²) in [6, 6.07) is 0. The summed E-state index contributed by atoms with van der Waals surface area (Å²) in [5.41, 5.74) is -0.704. The average Bonchev–Trinajstić information content (AvgIpc) is 2.74. The zero-order valence-corrected chi connectivity index (χ0v) is 11.2. The lowest BCUT2D eigenvalue weighted by atomic mass is 9.73. The van der Waals surface area contributed by atoms with Gasteiger partial charge in [-0.05, 0) is 37.5 Å². The fourth-order valence-corrected chi connectivity index (χ4v) is 2.93. The molecular weight excluding hydrogens is 212 g/mol. The van der Waals surface area contributed by atoms with Gasteiger partial charge in [0.1, 0.15) is 11.4 Å². The Morgan fingerprint density at radius 3 is 2.88 bits per heavy atom. The van der Waals surface area contributed by atoms with Gasteiger partial charge in [0.2, 0.25) is 0 Å². The SMILES string of the molecule is CCCn1ccnc1C1(O)CCC(C)C(C)C1. The summed E-state index contributed by atoms with van der Waals surface area (Å²) in [5, 5.41) is 10.8. The van der Waals surface area contributed by atoms with Gasteiger partial charge in [-0.1, -0.05) is 20.8 Å². The standard InChI is InChI=1S/C14H24N2O/c1-4-8-16-9-7-15-13(16)14(17)6-5-11(2)12(3)10-14/h7,9,11-12,17H,4-6,8,10H2,1-3H3. The van der Waals surface area contributed by atoms with E-state index in [0.29, 0.717) is 11.8 Å². The van der Waals surface area contributed by atoms with Gasteiger partial charge in [0.05, 0.1) is 0 Å². The smallest absolute Gasteiger partial charge is 0.140 e. The van der Waals surface area contributed by atoms with Gasteiger partial charge in [-0.3, -0.25) is 0 Å². The van der Waals surface area contributed by atoms with Crippen LogP contribution in [0.5, 0.6) is 0 Å². The first-order valence-corrected chi connectivity index (χ1v) is 6.81. The lowest BCUT2D eigenvalue weighted by molar-refractivity contribution is -0.0433. The molecular formula is C14H24N2O. The third-order valence-electron chi connectivity index (χ3n) is 4.24. The number of imidazole rings is 1. The molecule has 1 N–H and O–H groups in total. The lowest BCUT2D eigenvalue weighted by Crippen LogP contribution is -2.37. The molecule has 1 aliphatic carbocycles. The quantitative estimate of drug-likeness (QED) is 0.876. The minimum atomic E-state index is -0.704. The highest BCUT2D eigenvalue weighted by molar-refractivity contribution is 5.07. The summed E-state index contributed by atoms with van der Waals surface area (Å²) in [7, 11) is 0. The zero-order valence-electron chi connectivity index (χ0n) is 11.2. The van der Waals surface area contributed by atoms with Crippen molar-refractivity contribution in [2.45, 2.75) is 58.6 Å². The van der Waals surface area contributed by atoms with Gasteiger partial charge in [0.25, 0.3) is 0 Å². The Hall–Kier alpha value is -0.830. The van der Waals surface area contributed by atoms with E-state index in [1.165, 1.54) is 0 Å². The first-order chi connectivity index (χ1) is 8.07. The predicted octanol–water partition coefficient (Wildman–Crippen LogP) is 2.94. The first-order valence-electron chi connectivity index (χ1n) is 6.81. The second kappa shape index (κ2) is 4.81. The van der Waals surface area contributed by atoms with Crippen molar-refractivity contribution in [1.29, 1.82) is 0 Å². The molecule has 0 bridgehead atoms. The van der Waals surface area contributed by atoms with Gasteiger partial charge >= 0.3 is 0 Å². The molecule has 1 aromatic heterocycles. The molecule has 0 saturated heterocycles. The number of rotatable bonds is 3. The number of hydrogen-bond donors (Lipinski definition) is 1. The van der Waals surface area contributed by atoms with Crippen LogP contribution in [0.1, 0.15) is 52.3 Å². The van der Waals surface area contributed by atoms with Crippen LogP contribution >= 0.6 is 0 Å². The molecule has 0 radical (unpaired) electrons. The van der Waals surface area contributed by atoms with Crippen molar-refractivity contribution in [2.24, 2.45) is 11.8 Å². The van der Waals surface area contributed by atoms with Crippen LogP contribution in [0, 0.1) is 11.8 Å². The molecule has 0 aromatic carbocycles. The van der Waals surface area contributed by atoms with E-state index < -0.39 is 5.60 Å². The minimum absolute atomic E-state index is 0.570. The summed E-state index contributed by atoms with van der Waals surface area (Å²) in [5.74, 6) is 2.16. The van der Waals surface area contributed by atoms with E-state index >= 15 is 0 Å². The molecule has 2 rings (SSSR count). The van der Waals surface area contributed by atoms with Crippen molar-refractivity contribution in [3.63, 3.8) is 0 Å². The van der Waals surface area contributed by atoms with Gasteiger partial charge in [-0.15, -0.1) is 0 Å².